The normalized spacial score (nSPS) is 22.2. The summed E-state index contributed by atoms with van der Waals surface area (Å²) >= 11 is 0. The van der Waals surface area contributed by atoms with Gasteiger partial charge >= 0.3 is 12.2 Å². The largest absolute Gasteiger partial charge is 0.440 e. The predicted octanol–water partition coefficient (Wildman–Crippen LogP) is 2.72. The molecule has 0 aliphatic carbocycles. The van der Waals surface area contributed by atoms with Gasteiger partial charge in [0.15, 0.2) is 0 Å². The first kappa shape index (κ1) is 19.7. The van der Waals surface area contributed by atoms with Gasteiger partial charge < -0.3 is 5.32 Å². The van der Waals surface area contributed by atoms with Crippen molar-refractivity contribution in [2.45, 2.75) is 45.6 Å². The molecule has 9 heteroatoms. The lowest BCUT2D eigenvalue weighted by Gasteiger charge is -2.33. The van der Waals surface area contributed by atoms with Gasteiger partial charge in [0.25, 0.3) is 11.6 Å². The third-order valence-electron chi connectivity index (χ3n) is 4.13. The van der Waals surface area contributed by atoms with Crippen molar-refractivity contribution in [3.8, 4) is 0 Å². The summed E-state index contributed by atoms with van der Waals surface area (Å²) < 4.78 is 41.3. The molecule has 1 aromatic carbocycles. The average Bonchev–Trinajstić information content (AvgIpc) is 2.78. The van der Waals surface area contributed by atoms with Crippen molar-refractivity contribution in [1.82, 2.24) is 15.5 Å². The molecule has 1 heterocycles. The number of hydrogen-bond acceptors (Lipinski definition) is 3. The number of imide groups is 1. The first-order chi connectivity index (χ1) is 11.8. The number of carbonyl (C=O) groups is 3. The number of amides is 4. The number of urea groups is 1. The summed E-state index contributed by atoms with van der Waals surface area (Å²) in [7, 11) is 0. The van der Waals surface area contributed by atoms with Crippen molar-refractivity contribution in [3.63, 3.8) is 0 Å². The molecular weight excluding hydrogens is 351 g/mol. The van der Waals surface area contributed by atoms with E-state index < -0.39 is 41.1 Å². The number of carbonyl (C=O) groups excluding carboxylic acids is 3. The molecule has 26 heavy (non-hydrogen) atoms. The molecule has 1 aliphatic rings. The zero-order chi connectivity index (χ0) is 19.9. The molecule has 1 aromatic rings. The van der Waals surface area contributed by atoms with Crippen molar-refractivity contribution >= 4 is 17.8 Å². The summed E-state index contributed by atoms with van der Waals surface area (Å²) in [6.07, 6.45) is -5.22. The van der Waals surface area contributed by atoms with Crippen molar-refractivity contribution in [2.75, 3.05) is 0 Å². The minimum Gasteiger partial charge on any atom is -0.317 e. The Hall–Kier alpha value is -2.58. The number of nitrogens with zero attached hydrogens (tertiary/aromatic N) is 1. The number of rotatable bonds is 3. The van der Waals surface area contributed by atoms with Crippen LogP contribution in [-0.2, 0) is 9.59 Å². The van der Waals surface area contributed by atoms with Crippen LogP contribution in [0.25, 0.3) is 0 Å². The molecule has 2 atom stereocenters. The number of nitrogens with one attached hydrogen (secondary N) is 2. The van der Waals surface area contributed by atoms with Gasteiger partial charge in [0, 0.05) is 5.41 Å². The van der Waals surface area contributed by atoms with E-state index in [1.54, 1.807) is 41.0 Å². The molecule has 1 aliphatic heterocycles. The van der Waals surface area contributed by atoms with E-state index in [0.717, 1.165) is 0 Å². The maximum absolute atomic E-state index is 13.8. The van der Waals surface area contributed by atoms with Crippen LogP contribution in [-0.4, -0.2) is 34.6 Å². The van der Waals surface area contributed by atoms with Gasteiger partial charge in [-0.3, -0.25) is 19.8 Å². The van der Waals surface area contributed by atoms with Gasteiger partial charge in [0.1, 0.15) is 0 Å². The van der Waals surface area contributed by atoms with Crippen molar-refractivity contribution < 1.29 is 27.6 Å². The molecule has 0 aromatic heterocycles. The summed E-state index contributed by atoms with van der Waals surface area (Å²) in [5, 5.41) is 3.34. The van der Waals surface area contributed by atoms with Crippen LogP contribution in [0.15, 0.2) is 30.3 Å². The Morgan fingerprint density at radius 1 is 1.15 bits per heavy atom. The van der Waals surface area contributed by atoms with Crippen molar-refractivity contribution in [3.05, 3.63) is 35.9 Å². The minimum absolute atomic E-state index is 0.478. The summed E-state index contributed by atoms with van der Waals surface area (Å²) in [6.45, 7) is 5.64. The molecule has 2 N–H and O–H groups in total. The Balaban J connectivity index is 2.45. The molecule has 0 unspecified atom stereocenters. The topological polar surface area (TPSA) is 78.5 Å². The molecule has 0 radical (unpaired) electrons. The van der Waals surface area contributed by atoms with E-state index >= 15 is 0 Å². The standard InChI is InChI=1S/C17H20F3N3O3/c1-10(11-8-6-5-7-9-11)23-13(25)16(17(18,19)20,22-14(23)26)21-12(24)15(2,3)4/h5-10H,1-4H3,(H,21,24)(H,22,26)/t10-,16-/m1/s1. The van der Waals surface area contributed by atoms with Crippen LogP contribution >= 0.6 is 0 Å². The zero-order valence-corrected chi connectivity index (χ0v) is 14.8. The minimum atomic E-state index is -5.22. The highest BCUT2D eigenvalue weighted by atomic mass is 19.4. The maximum Gasteiger partial charge on any atom is 0.440 e. The molecular formula is C17H20F3N3O3. The van der Waals surface area contributed by atoms with Crippen LogP contribution in [0.1, 0.15) is 39.3 Å². The Labute approximate surface area is 148 Å². The van der Waals surface area contributed by atoms with E-state index in [9.17, 15) is 27.6 Å². The van der Waals surface area contributed by atoms with E-state index in [2.05, 4.69) is 0 Å². The molecule has 1 saturated heterocycles. The fraction of sp³-hybridized carbons (Fsp3) is 0.471. The second kappa shape index (κ2) is 6.30. The summed E-state index contributed by atoms with van der Waals surface area (Å²) in [4.78, 5) is 37.5. The van der Waals surface area contributed by atoms with E-state index in [1.165, 1.54) is 27.7 Å². The van der Waals surface area contributed by atoms with Gasteiger partial charge in [0.05, 0.1) is 6.04 Å². The third kappa shape index (κ3) is 3.25. The predicted molar refractivity (Wildman–Crippen MR) is 86.6 cm³/mol. The van der Waals surface area contributed by atoms with Gasteiger partial charge in [-0.25, -0.2) is 4.79 Å². The van der Waals surface area contributed by atoms with Crippen LogP contribution in [0.3, 0.4) is 0 Å². The third-order valence-corrected chi connectivity index (χ3v) is 4.13. The summed E-state index contributed by atoms with van der Waals surface area (Å²) in [5.41, 5.74) is -4.20. The Morgan fingerprint density at radius 3 is 2.15 bits per heavy atom. The van der Waals surface area contributed by atoms with E-state index in [0.29, 0.717) is 10.5 Å². The summed E-state index contributed by atoms with van der Waals surface area (Å²) in [6, 6.07) is 5.99. The van der Waals surface area contributed by atoms with Gasteiger partial charge in [-0.2, -0.15) is 13.2 Å². The van der Waals surface area contributed by atoms with Crippen LogP contribution in [0.2, 0.25) is 0 Å². The number of halogens is 3. The Kier molecular flexibility index (Phi) is 4.78. The van der Waals surface area contributed by atoms with Gasteiger partial charge in [-0.05, 0) is 12.5 Å². The lowest BCUT2D eigenvalue weighted by molar-refractivity contribution is -0.205. The molecule has 2 rings (SSSR count). The first-order valence-electron chi connectivity index (χ1n) is 7.91. The zero-order valence-electron chi connectivity index (χ0n) is 14.8. The lowest BCUT2D eigenvalue weighted by Crippen LogP contribution is -2.70. The number of hydrogen-bond donors (Lipinski definition) is 2. The highest BCUT2D eigenvalue weighted by Crippen LogP contribution is 2.37. The second-order valence-electron chi connectivity index (χ2n) is 7.14. The van der Waals surface area contributed by atoms with Crippen molar-refractivity contribution in [1.29, 1.82) is 0 Å². The quantitative estimate of drug-likeness (QED) is 0.802. The van der Waals surface area contributed by atoms with Crippen molar-refractivity contribution in [2.24, 2.45) is 5.41 Å². The van der Waals surface area contributed by atoms with Gasteiger partial charge in [-0.1, -0.05) is 51.1 Å². The Morgan fingerprint density at radius 2 is 1.69 bits per heavy atom. The number of benzene rings is 1. The second-order valence-corrected chi connectivity index (χ2v) is 7.14. The van der Waals surface area contributed by atoms with Crippen LogP contribution in [0.5, 0.6) is 0 Å². The van der Waals surface area contributed by atoms with Gasteiger partial charge in [-0.15, -0.1) is 0 Å². The molecule has 0 saturated carbocycles. The molecule has 6 nitrogen and oxygen atoms in total. The highest BCUT2D eigenvalue weighted by molar-refractivity contribution is 6.09. The summed E-state index contributed by atoms with van der Waals surface area (Å²) in [5.74, 6) is -2.58. The van der Waals surface area contributed by atoms with E-state index in [1.807, 2.05) is 0 Å². The maximum atomic E-state index is 13.8. The van der Waals surface area contributed by atoms with Crippen LogP contribution < -0.4 is 10.6 Å². The lowest BCUT2D eigenvalue weighted by atomic mass is 9.94. The van der Waals surface area contributed by atoms with Crippen LogP contribution in [0, 0.1) is 5.41 Å². The Bertz CT molecular complexity index is 728. The smallest absolute Gasteiger partial charge is 0.317 e. The molecule has 1 fully saturated rings. The first-order valence-corrected chi connectivity index (χ1v) is 7.91. The fourth-order valence-corrected chi connectivity index (χ4v) is 2.48. The molecule has 142 valence electrons. The van der Waals surface area contributed by atoms with Crippen LogP contribution in [0.4, 0.5) is 18.0 Å². The van der Waals surface area contributed by atoms with E-state index in [4.69, 9.17) is 0 Å². The monoisotopic (exact) mass is 371 g/mol. The average molecular weight is 371 g/mol. The highest BCUT2D eigenvalue weighted by Gasteiger charge is 2.69. The molecule has 0 bridgehead atoms. The molecule has 0 spiro atoms. The van der Waals surface area contributed by atoms with E-state index in [-0.39, 0.29) is 0 Å². The molecule has 4 amide bonds. The SMILES string of the molecule is C[C@H](c1ccccc1)N1C(=O)N[C@@](NC(=O)C(C)(C)C)(C(F)(F)F)C1=O. The number of alkyl halides is 3. The van der Waals surface area contributed by atoms with Gasteiger partial charge in [0.2, 0.25) is 5.91 Å². The fourth-order valence-electron chi connectivity index (χ4n) is 2.48.